The van der Waals surface area contributed by atoms with Gasteiger partial charge in [-0.1, -0.05) is 12.1 Å². The predicted molar refractivity (Wildman–Crippen MR) is 108 cm³/mol. The number of benzene rings is 1. The largest absolute Gasteiger partial charge is 0.472 e. The lowest BCUT2D eigenvalue weighted by Gasteiger charge is -2.31. The first-order valence-electron chi connectivity index (χ1n) is 9.70. The Labute approximate surface area is 171 Å². The Bertz CT molecular complexity index is 928. The molecule has 1 aliphatic heterocycles. The van der Waals surface area contributed by atoms with Crippen molar-refractivity contribution in [3.8, 4) is 0 Å². The minimum atomic E-state index is -3.20. The van der Waals surface area contributed by atoms with Crippen molar-refractivity contribution in [3.63, 3.8) is 0 Å². The first kappa shape index (κ1) is 21.1. The summed E-state index contributed by atoms with van der Waals surface area (Å²) in [7, 11) is -3.20. The molecule has 29 heavy (non-hydrogen) atoms. The number of likely N-dealkylation sites (tertiary alicyclic amines) is 1. The van der Waals surface area contributed by atoms with Gasteiger partial charge in [-0.2, -0.15) is 0 Å². The first-order valence-corrected chi connectivity index (χ1v) is 11.6. The van der Waals surface area contributed by atoms with E-state index in [2.05, 4.69) is 5.32 Å². The molecule has 2 amide bonds. The Hall–Kier alpha value is -2.61. The summed E-state index contributed by atoms with van der Waals surface area (Å²) < 4.78 is 27.9. The summed E-state index contributed by atoms with van der Waals surface area (Å²) in [5.74, 6) is 0.332. The van der Waals surface area contributed by atoms with Gasteiger partial charge in [0.1, 0.15) is 6.26 Å². The van der Waals surface area contributed by atoms with Crippen molar-refractivity contribution in [1.29, 1.82) is 0 Å². The number of carbonyl (C=O) groups is 2. The van der Waals surface area contributed by atoms with Crippen LogP contribution < -0.4 is 5.32 Å². The van der Waals surface area contributed by atoms with Gasteiger partial charge in [0.15, 0.2) is 9.84 Å². The molecule has 0 unspecified atom stereocenters. The number of furan rings is 1. The van der Waals surface area contributed by atoms with E-state index in [1.807, 2.05) is 4.90 Å². The Morgan fingerprint density at radius 1 is 1.14 bits per heavy atom. The zero-order chi connectivity index (χ0) is 20.9. The molecule has 156 valence electrons. The number of hydrogen-bond acceptors (Lipinski definition) is 5. The third-order valence-corrected chi connectivity index (χ3v) is 6.38. The van der Waals surface area contributed by atoms with Crippen molar-refractivity contribution < 1.29 is 22.4 Å². The second kappa shape index (κ2) is 9.26. The van der Waals surface area contributed by atoms with Gasteiger partial charge < -0.3 is 14.6 Å². The molecule has 1 N–H and O–H groups in total. The van der Waals surface area contributed by atoms with Gasteiger partial charge in [-0.15, -0.1) is 0 Å². The van der Waals surface area contributed by atoms with Crippen LogP contribution in [0.25, 0.3) is 0 Å². The standard InChI is InChI=1S/C21H26N2O5S/c1-29(26,27)19-5-2-16(3-6-19)4-7-20(24)22-14-17-8-11-23(12-9-17)21(25)18-10-13-28-15-18/h2-3,5-6,10,13,15,17H,4,7-9,11-12,14H2,1H3,(H,22,24). The molecule has 7 nitrogen and oxygen atoms in total. The summed E-state index contributed by atoms with van der Waals surface area (Å²) in [6.45, 7) is 1.97. The zero-order valence-corrected chi connectivity index (χ0v) is 17.3. The van der Waals surface area contributed by atoms with Crippen molar-refractivity contribution in [2.75, 3.05) is 25.9 Å². The smallest absolute Gasteiger partial charge is 0.257 e. The molecule has 1 aromatic carbocycles. The molecule has 2 aromatic rings. The van der Waals surface area contributed by atoms with Crippen LogP contribution in [0.3, 0.4) is 0 Å². The van der Waals surface area contributed by atoms with Crippen LogP contribution >= 0.6 is 0 Å². The van der Waals surface area contributed by atoms with E-state index in [4.69, 9.17) is 4.42 Å². The second-order valence-corrected chi connectivity index (χ2v) is 9.48. The van der Waals surface area contributed by atoms with Gasteiger partial charge >= 0.3 is 0 Å². The van der Waals surface area contributed by atoms with Crippen LogP contribution in [0.5, 0.6) is 0 Å². The second-order valence-electron chi connectivity index (χ2n) is 7.47. The van der Waals surface area contributed by atoms with Crippen molar-refractivity contribution >= 4 is 21.7 Å². The molecule has 1 saturated heterocycles. The summed E-state index contributed by atoms with van der Waals surface area (Å²) in [4.78, 5) is 26.5. The monoisotopic (exact) mass is 418 g/mol. The summed E-state index contributed by atoms with van der Waals surface area (Å²) in [5, 5.41) is 2.98. The van der Waals surface area contributed by atoms with Crippen LogP contribution in [0.15, 0.2) is 52.2 Å². The molecule has 1 aromatic heterocycles. The summed E-state index contributed by atoms with van der Waals surface area (Å²) >= 11 is 0. The van der Waals surface area contributed by atoms with E-state index in [0.717, 1.165) is 18.4 Å². The number of nitrogens with zero attached hydrogens (tertiary/aromatic N) is 1. The number of nitrogens with one attached hydrogen (secondary N) is 1. The average Bonchev–Trinajstić information content (AvgIpc) is 3.25. The van der Waals surface area contributed by atoms with E-state index in [1.165, 1.54) is 18.8 Å². The van der Waals surface area contributed by atoms with E-state index >= 15 is 0 Å². The highest BCUT2D eigenvalue weighted by atomic mass is 32.2. The molecule has 0 radical (unpaired) electrons. The van der Waals surface area contributed by atoms with Gasteiger partial charge in [0.2, 0.25) is 5.91 Å². The maximum absolute atomic E-state index is 12.3. The van der Waals surface area contributed by atoms with Crippen LogP contribution in [0, 0.1) is 5.92 Å². The van der Waals surface area contributed by atoms with Crippen LogP contribution in [0.1, 0.15) is 35.2 Å². The van der Waals surface area contributed by atoms with Crippen molar-refractivity contribution in [3.05, 3.63) is 54.0 Å². The van der Waals surface area contributed by atoms with Crippen LogP contribution in [-0.4, -0.2) is 51.0 Å². The van der Waals surface area contributed by atoms with E-state index in [1.54, 1.807) is 30.3 Å². The quantitative estimate of drug-likeness (QED) is 0.744. The fourth-order valence-electron chi connectivity index (χ4n) is 3.42. The Balaban J connectivity index is 1.36. The number of piperidine rings is 1. The zero-order valence-electron chi connectivity index (χ0n) is 16.5. The Morgan fingerprint density at radius 2 is 1.83 bits per heavy atom. The molecule has 3 rings (SSSR count). The topological polar surface area (TPSA) is 96.7 Å². The highest BCUT2D eigenvalue weighted by Crippen LogP contribution is 2.19. The number of rotatable bonds is 7. The SMILES string of the molecule is CS(=O)(=O)c1ccc(CCC(=O)NCC2CCN(C(=O)c3ccoc3)CC2)cc1. The summed E-state index contributed by atoms with van der Waals surface area (Å²) in [6, 6.07) is 8.30. The Morgan fingerprint density at radius 3 is 2.41 bits per heavy atom. The molecule has 8 heteroatoms. The van der Waals surface area contributed by atoms with Crippen LogP contribution in [0.4, 0.5) is 0 Å². The van der Waals surface area contributed by atoms with E-state index < -0.39 is 9.84 Å². The van der Waals surface area contributed by atoms with Crippen molar-refractivity contribution in [2.24, 2.45) is 5.92 Å². The van der Waals surface area contributed by atoms with Gasteiger partial charge in [0, 0.05) is 32.3 Å². The number of amides is 2. The van der Waals surface area contributed by atoms with Crippen molar-refractivity contribution in [2.45, 2.75) is 30.6 Å². The van der Waals surface area contributed by atoms with Gasteiger partial charge in [0.05, 0.1) is 16.7 Å². The maximum Gasteiger partial charge on any atom is 0.257 e. The van der Waals surface area contributed by atoms with E-state index in [9.17, 15) is 18.0 Å². The predicted octanol–water partition coefficient (Wildman–Crippen LogP) is 2.28. The third-order valence-electron chi connectivity index (χ3n) is 5.25. The third kappa shape index (κ3) is 5.93. The lowest BCUT2D eigenvalue weighted by molar-refractivity contribution is -0.121. The van der Waals surface area contributed by atoms with Gasteiger partial charge in [-0.25, -0.2) is 8.42 Å². The molecule has 2 heterocycles. The number of carbonyl (C=O) groups excluding carboxylic acids is 2. The molecule has 0 aliphatic carbocycles. The maximum atomic E-state index is 12.3. The van der Waals surface area contributed by atoms with Gasteiger partial charge in [-0.05, 0) is 48.9 Å². The molecule has 0 spiro atoms. The van der Waals surface area contributed by atoms with Gasteiger partial charge in [0.25, 0.3) is 5.91 Å². The van der Waals surface area contributed by atoms with Gasteiger partial charge in [-0.3, -0.25) is 9.59 Å². The fraction of sp³-hybridized carbons (Fsp3) is 0.429. The first-order chi connectivity index (χ1) is 13.8. The van der Waals surface area contributed by atoms with Crippen molar-refractivity contribution in [1.82, 2.24) is 10.2 Å². The molecular formula is C21H26N2O5S. The fourth-order valence-corrected chi connectivity index (χ4v) is 4.05. The minimum absolute atomic E-state index is 0.0110. The lowest BCUT2D eigenvalue weighted by atomic mass is 9.96. The lowest BCUT2D eigenvalue weighted by Crippen LogP contribution is -2.41. The average molecular weight is 419 g/mol. The molecule has 0 atom stereocenters. The van der Waals surface area contributed by atoms with Crippen LogP contribution in [0.2, 0.25) is 0 Å². The highest BCUT2D eigenvalue weighted by molar-refractivity contribution is 7.90. The molecule has 1 fully saturated rings. The normalized spacial score (nSPS) is 15.3. The minimum Gasteiger partial charge on any atom is -0.472 e. The molecule has 0 saturated carbocycles. The Kier molecular flexibility index (Phi) is 6.74. The van der Waals surface area contributed by atoms with E-state index in [-0.39, 0.29) is 16.7 Å². The summed E-state index contributed by atoms with van der Waals surface area (Å²) in [6.07, 6.45) is 6.77. The number of hydrogen-bond donors (Lipinski definition) is 1. The molecule has 1 aliphatic rings. The van der Waals surface area contributed by atoms with E-state index in [0.29, 0.717) is 44.0 Å². The molecule has 0 bridgehead atoms. The summed E-state index contributed by atoms with van der Waals surface area (Å²) in [5.41, 5.74) is 1.50. The molecular weight excluding hydrogens is 392 g/mol. The number of sulfone groups is 1. The number of aryl methyl sites for hydroxylation is 1. The highest BCUT2D eigenvalue weighted by Gasteiger charge is 2.24. The van der Waals surface area contributed by atoms with Crippen LogP contribution in [-0.2, 0) is 21.1 Å².